The van der Waals surface area contributed by atoms with Crippen molar-refractivity contribution in [2.45, 2.75) is 26.3 Å². The Balaban J connectivity index is 2.21. The Morgan fingerprint density at radius 1 is 0.905 bits per heavy atom. The third kappa shape index (κ3) is 7.71. The molecule has 0 aromatic heterocycles. The minimum absolute atomic E-state index is 0.0278. The van der Waals surface area contributed by atoms with Crippen molar-refractivity contribution in [1.82, 2.24) is 16.0 Å². The van der Waals surface area contributed by atoms with Crippen molar-refractivity contribution in [2.24, 2.45) is 0 Å². The zero-order valence-electron chi connectivity index (χ0n) is 12.3. The molecule has 0 unspecified atom stereocenters. The lowest BCUT2D eigenvalue weighted by atomic mass is 10.1. The first-order chi connectivity index (χ1) is 9.97. The first-order valence-electron chi connectivity index (χ1n) is 6.84. The summed E-state index contributed by atoms with van der Waals surface area (Å²) in [6.45, 7) is 3.44. The van der Waals surface area contributed by atoms with E-state index >= 15 is 0 Å². The molecule has 0 bridgehead atoms. The monoisotopic (exact) mass is 291 g/mol. The van der Waals surface area contributed by atoms with E-state index in [1.54, 1.807) is 0 Å². The summed E-state index contributed by atoms with van der Waals surface area (Å²) < 4.78 is 0. The maximum Gasteiger partial charge on any atom is 0.239 e. The molecule has 6 nitrogen and oxygen atoms in total. The van der Waals surface area contributed by atoms with E-state index in [2.05, 4.69) is 16.0 Å². The predicted molar refractivity (Wildman–Crippen MR) is 79.4 cm³/mol. The van der Waals surface area contributed by atoms with Gasteiger partial charge in [0.15, 0.2) is 0 Å². The van der Waals surface area contributed by atoms with Crippen LogP contribution >= 0.6 is 0 Å². The lowest BCUT2D eigenvalue weighted by Gasteiger charge is -2.09. The molecular formula is C15H21N3O3. The third-order valence-electron chi connectivity index (χ3n) is 2.55. The summed E-state index contributed by atoms with van der Waals surface area (Å²) in [4.78, 5) is 34.4. The number of carbonyl (C=O) groups excluding carboxylic acids is 3. The highest BCUT2D eigenvalue weighted by Gasteiger charge is 2.08. The van der Waals surface area contributed by atoms with E-state index in [0.717, 1.165) is 5.56 Å². The Labute approximate surface area is 124 Å². The van der Waals surface area contributed by atoms with Crippen LogP contribution < -0.4 is 16.0 Å². The van der Waals surface area contributed by atoms with Gasteiger partial charge in [-0.3, -0.25) is 14.4 Å². The molecule has 3 N–H and O–H groups in total. The number of nitrogens with one attached hydrogen (secondary N) is 3. The van der Waals surface area contributed by atoms with Crippen molar-refractivity contribution in [2.75, 3.05) is 13.1 Å². The van der Waals surface area contributed by atoms with Crippen molar-refractivity contribution in [1.29, 1.82) is 0 Å². The van der Waals surface area contributed by atoms with Gasteiger partial charge in [-0.2, -0.15) is 0 Å². The van der Waals surface area contributed by atoms with Crippen molar-refractivity contribution in [3.8, 4) is 0 Å². The van der Waals surface area contributed by atoms with Crippen LogP contribution in [0.5, 0.6) is 0 Å². The van der Waals surface area contributed by atoms with Crippen LogP contribution in [0, 0.1) is 0 Å². The number of hydrogen-bond donors (Lipinski definition) is 3. The average Bonchev–Trinajstić information content (AvgIpc) is 2.43. The molecule has 0 atom stereocenters. The lowest BCUT2D eigenvalue weighted by molar-refractivity contribution is -0.127. The second-order valence-corrected chi connectivity index (χ2v) is 4.94. The van der Waals surface area contributed by atoms with E-state index in [1.165, 1.54) is 0 Å². The van der Waals surface area contributed by atoms with E-state index < -0.39 is 5.91 Å². The van der Waals surface area contributed by atoms with Crippen LogP contribution in [0.4, 0.5) is 0 Å². The van der Waals surface area contributed by atoms with E-state index in [4.69, 9.17) is 0 Å². The van der Waals surface area contributed by atoms with Gasteiger partial charge in [0, 0.05) is 6.04 Å². The Morgan fingerprint density at radius 3 is 2.10 bits per heavy atom. The van der Waals surface area contributed by atoms with Gasteiger partial charge in [0.1, 0.15) is 0 Å². The summed E-state index contributed by atoms with van der Waals surface area (Å²) in [5.74, 6) is -0.882. The van der Waals surface area contributed by atoms with Crippen LogP contribution in [-0.2, 0) is 20.8 Å². The zero-order valence-corrected chi connectivity index (χ0v) is 12.3. The van der Waals surface area contributed by atoms with E-state index in [9.17, 15) is 14.4 Å². The van der Waals surface area contributed by atoms with E-state index in [0.29, 0.717) is 0 Å². The Hall–Kier alpha value is -2.37. The fourth-order valence-corrected chi connectivity index (χ4v) is 1.64. The Morgan fingerprint density at radius 2 is 1.48 bits per heavy atom. The fourth-order valence-electron chi connectivity index (χ4n) is 1.64. The molecule has 21 heavy (non-hydrogen) atoms. The molecule has 1 aromatic rings. The lowest BCUT2D eigenvalue weighted by Crippen LogP contribution is -2.43. The summed E-state index contributed by atoms with van der Waals surface area (Å²) in [7, 11) is 0. The van der Waals surface area contributed by atoms with Crippen LogP contribution in [0.3, 0.4) is 0 Å². The fraction of sp³-hybridized carbons (Fsp3) is 0.400. The summed E-state index contributed by atoms with van der Waals surface area (Å²) in [5.41, 5.74) is 0.881. The second kappa shape index (κ2) is 8.73. The Kier molecular flexibility index (Phi) is 6.94. The maximum atomic E-state index is 11.6. The van der Waals surface area contributed by atoms with Gasteiger partial charge in [-0.05, 0) is 19.4 Å². The van der Waals surface area contributed by atoms with Gasteiger partial charge in [-0.1, -0.05) is 30.3 Å². The van der Waals surface area contributed by atoms with Gasteiger partial charge in [0.25, 0.3) is 0 Å². The van der Waals surface area contributed by atoms with Gasteiger partial charge in [0.2, 0.25) is 17.7 Å². The highest BCUT2D eigenvalue weighted by atomic mass is 16.2. The van der Waals surface area contributed by atoms with Gasteiger partial charge in [-0.15, -0.1) is 0 Å². The molecule has 0 heterocycles. The minimum Gasteiger partial charge on any atom is -0.352 e. The van der Waals surface area contributed by atoms with Crippen molar-refractivity contribution >= 4 is 17.7 Å². The summed E-state index contributed by atoms with van der Waals surface area (Å²) >= 11 is 0. The maximum absolute atomic E-state index is 11.6. The third-order valence-corrected chi connectivity index (χ3v) is 2.55. The largest absolute Gasteiger partial charge is 0.352 e. The first-order valence-corrected chi connectivity index (χ1v) is 6.84. The predicted octanol–water partition coefficient (Wildman–Crippen LogP) is -0.0139. The molecule has 114 valence electrons. The van der Waals surface area contributed by atoms with Crippen LogP contribution in [0.15, 0.2) is 30.3 Å². The zero-order chi connectivity index (χ0) is 15.7. The smallest absolute Gasteiger partial charge is 0.239 e. The average molecular weight is 291 g/mol. The van der Waals surface area contributed by atoms with Gasteiger partial charge in [0.05, 0.1) is 19.5 Å². The van der Waals surface area contributed by atoms with E-state index in [-0.39, 0.29) is 37.4 Å². The van der Waals surface area contributed by atoms with E-state index in [1.807, 2.05) is 44.2 Å². The SMILES string of the molecule is CC(C)NC(=O)CNC(=O)CNC(=O)Cc1ccccc1. The standard InChI is InChI=1S/C15H21N3O3/c1-11(2)18-15(21)10-17-14(20)9-16-13(19)8-12-6-4-3-5-7-12/h3-7,11H,8-10H2,1-2H3,(H,16,19)(H,17,20)(H,18,21). The van der Waals surface area contributed by atoms with Crippen LogP contribution in [0.25, 0.3) is 0 Å². The molecule has 6 heteroatoms. The molecule has 0 radical (unpaired) electrons. The quantitative estimate of drug-likeness (QED) is 0.660. The van der Waals surface area contributed by atoms with Gasteiger partial charge in [-0.25, -0.2) is 0 Å². The number of amides is 3. The van der Waals surface area contributed by atoms with Crippen molar-refractivity contribution in [3.05, 3.63) is 35.9 Å². The summed E-state index contributed by atoms with van der Waals surface area (Å²) in [6.07, 6.45) is 0.224. The van der Waals surface area contributed by atoms with Gasteiger partial charge < -0.3 is 16.0 Å². The number of benzene rings is 1. The van der Waals surface area contributed by atoms with Crippen molar-refractivity contribution < 1.29 is 14.4 Å². The summed E-state index contributed by atoms with van der Waals surface area (Å²) in [6, 6.07) is 9.29. The second-order valence-electron chi connectivity index (χ2n) is 4.94. The number of carbonyl (C=O) groups is 3. The molecule has 0 spiro atoms. The molecule has 3 amide bonds. The molecule has 1 rings (SSSR count). The molecule has 0 fully saturated rings. The van der Waals surface area contributed by atoms with Gasteiger partial charge >= 0.3 is 0 Å². The molecule has 0 aliphatic rings. The molecule has 0 aliphatic carbocycles. The molecule has 0 aliphatic heterocycles. The highest BCUT2D eigenvalue weighted by molar-refractivity contribution is 5.88. The molecule has 0 saturated heterocycles. The minimum atomic E-state index is -0.393. The molecule has 0 saturated carbocycles. The van der Waals surface area contributed by atoms with Crippen LogP contribution in [0.2, 0.25) is 0 Å². The molecule has 1 aromatic carbocycles. The number of hydrogen-bond acceptors (Lipinski definition) is 3. The molecular weight excluding hydrogens is 270 g/mol. The normalized spacial score (nSPS) is 10.0. The first kappa shape index (κ1) is 16.7. The van der Waals surface area contributed by atoms with Crippen LogP contribution in [-0.4, -0.2) is 36.9 Å². The highest BCUT2D eigenvalue weighted by Crippen LogP contribution is 1.98. The Bertz CT molecular complexity index is 486. The summed E-state index contributed by atoms with van der Waals surface area (Å²) in [5, 5.41) is 7.61. The topological polar surface area (TPSA) is 87.3 Å². The van der Waals surface area contributed by atoms with Crippen LogP contribution in [0.1, 0.15) is 19.4 Å². The van der Waals surface area contributed by atoms with Crippen molar-refractivity contribution in [3.63, 3.8) is 0 Å². The number of rotatable bonds is 7.